The molecule has 12 nitrogen and oxygen atoms in total. The number of amides is 4. The zero-order valence-corrected chi connectivity index (χ0v) is 21.8. The van der Waals surface area contributed by atoms with E-state index < -0.39 is 23.6 Å². The summed E-state index contributed by atoms with van der Waals surface area (Å²) in [4.78, 5) is 60.0. The zero-order chi connectivity index (χ0) is 27.6. The van der Waals surface area contributed by atoms with Crippen molar-refractivity contribution in [2.24, 2.45) is 5.18 Å². The van der Waals surface area contributed by atoms with E-state index in [1.807, 2.05) is 11.9 Å². The first kappa shape index (κ1) is 26.3. The molecule has 1 unspecified atom stereocenters. The van der Waals surface area contributed by atoms with Crippen molar-refractivity contribution in [2.75, 3.05) is 46.9 Å². The van der Waals surface area contributed by atoms with Gasteiger partial charge in [-0.3, -0.25) is 24.8 Å². The van der Waals surface area contributed by atoms with E-state index in [1.165, 1.54) is 18.2 Å². The number of imide groups is 1. The largest absolute Gasteiger partial charge is 0.497 e. The highest BCUT2D eigenvalue weighted by atomic mass is 16.5. The Hall–Kier alpha value is -4.34. The van der Waals surface area contributed by atoms with Crippen LogP contribution in [0, 0.1) is 16.7 Å². The lowest BCUT2D eigenvalue weighted by molar-refractivity contribution is -0.122. The Morgan fingerprint density at radius 1 is 1.15 bits per heavy atom. The minimum atomic E-state index is -1.66. The molecule has 3 aliphatic rings. The van der Waals surface area contributed by atoms with Crippen LogP contribution in [0.15, 0.2) is 41.8 Å². The summed E-state index contributed by atoms with van der Waals surface area (Å²) in [6.07, 6.45) is 3.30. The average molecular weight is 532 g/mol. The Bertz CT molecular complexity index is 1390. The molecule has 2 saturated heterocycles. The van der Waals surface area contributed by atoms with E-state index in [0.29, 0.717) is 29.0 Å². The molecule has 202 valence electrons. The van der Waals surface area contributed by atoms with E-state index >= 15 is 0 Å². The van der Waals surface area contributed by atoms with Crippen molar-refractivity contribution in [3.63, 3.8) is 0 Å². The number of urea groups is 1. The Morgan fingerprint density at radius 2 is 2.00 bits per heavy atom. The second-order valence-electron chi connectivity index (χ2n) is 9.93. The third-order valence-corrected chi connectivity index (χ3v) is 7.24. The fourth-order valence-corrected chi connectivity index (χ4v) is 5.11. The molecule has 2 aromatic rings. The van der Waals surface area contributed by atoms with Gasteiger partial charge in [0.15, 0.2) is 6.17 Å². The second kappa shape index (κ2) is 10.8. The third-order valence-electron chi connectivity index (χ3n) is 7.24. The smallest absolute Gasteiger partial charge is 0.323 e. The molecule has 2 atom stereocenters. The minimum Gasteiger partial charge on any atom is -0.497 e. The molecule has 3 aliphatic heterocycles. The number of hydrogen-bond donors (Lipinski definition) is 2. The fourth-order valence-electron chi connectivity index (χ4n) is 5.11. The van der Waals surface area contributed by atoms with Crippen molar-refractivity contribution in [3.05, 3.63) is 63.8 Å². The molecule has 0 saturated carbocycles. The molecule has 2 N–H and O–H groups in total. The SMILES string of the molecule is COc1ccc2c(c1)C(=O)N(C[C@@]1(C#Cc3cncc(C(N=O)N4CCCN(C)CC4)c3)NC(=O)NC1=O)C2. The van der Waals surface area contributed by atoms with Gasteiger partial charge in [-0.25, -0.2) is 4.79 Å². The first-order chi connectivity index (χ1) is 18.8. The highest BCUT2D eigenvalue weighted by Gasteiger charge is 2.48. The summed E-state index contributed by atoms with van der Waals surface area (Å²) in [6, 6.07) is 6.24. The van der Waals surface area contributed by atoms with Crippen LogP contribution in [0.4, 0.5) is 4.79 Å². The zero-order valence-electron chi connectivity index (χ0n) is 21.8. The Balaban J connectivity index is 1.40. The van der Waals surface area contributed by atoms with Gasteiger partial charge in [-0.1, -0.05) is 17.9 Å². The molecule has 5 rings (SSSR count). The van der Waals surface area contributed by atoms with E-state index in [2.05, 4.69) is 37.5 Å². The van der Waals surface area contributed by atoms with Crippen LogP contribution in [0.1, 0.15) is 39.6 Å². The minimum absolute atomic E-state index is 0.152. The van der Waals surface area contributed by atoms with Crippen LogP contribution in [-0.4, -0.2) is 89.9 Å². The third kappa shape index (κ3) is 5.32. The molecule has 0 bridgehead atoms. The first-order valence-electron chi connectivity index (χ1n) is 12.6. The Kier molecular flexibility index (Phi) is 7.28. The molecule has 1 aromatic heterocycles. The van der Waals surface area contributed by atoms with Crippen LogP contribution in [0.3, 0.4) is 0 Å². The molecule has 0 aliphatic carbocycles. The Morgan fingerprint density at radius 3 is 2.74 bits per heavy atom. The van der Waals surface area contributed by atoms with Gasteiger partial charge in [0.05, 0.1) is 13.7 Å². The second-order valence-corrected chi connectivity index (χ2v) is 9.93. The van der Waals surface area contributed by atoms with Crippen LogP contribution in [0.25, 0.3) is 0 Å². The maximum atomic E-state index is 13.1. The van der Waals surface area contributed by atoms with Gasteiger partial charge in [-0.2, -0.15) is 0 Å². The number of aromatic nitrogens is 1. The number of nitroso groups, excluding NO2 is 1. The molecular weight excluding hydrogens is 502 g/mol. The molecule has 4 heterocycles. The van der Waals surface area contributed by atoms with Crippen molar-refractivity contribution in [3.8, 4) is 17.6 Å². The Labute approximate surface area is 225 Å². The number of pyridine rings is 1. The predicted molar refractivity (Wildman–Crippen MR) is 140 cm³/mol. The monoisotopic (exact) mass is 531 g/mol. The molecule has 0 spiro atoms. The summed E-state index contributed by atoms with van der Waals surface area (Å²) in [5.74, 6) is 5.43. The summed E-state index contributed by atoms with van der Waals surface area (Å²) >= 11 is 0. The van der Waals surface area contributed by atoms with Gasteiger partial charge in [0.25, 0.3) is 11.8 Å². The lowest BCUT2D eigenvalue weighted by Crippen LogP contribution is -2.54. The number of hydrogen-bond acceptors (Lipinski definition) is 9. The van der Waals surface area contributed by atoms with Crippen molar-refractivity contribution in [1.29, 1.82) is 0 Å². The van der Waals surface area contributed by atoms with Gasteiger partial charge in [0.1, 0.15) is 5.75 Å². The van der Waals surface area contributed by atoms with Gasteiger partial charge in [-0.05, 0) is 49.0 Å². The lowest BCUT2D eigenvalue weighted by Gasteiger charge is -2.26. The van der Waals surface area contributed by atoms with Crippen molar-refractivity contribution in [2.45, 2.75) is 24.7 Å². The molecule has 1 aromatic carbocycles. The summed E-state index contributed by atoms with van der Waals surface area (Å²) in [6.45, 7) is 3.29. The molecule has 2 fully saturated rings. The summed E-state index contributed by atoms with van der Waals surface area (Å²) in [5.41, 5.74) is 0.646. The van der Waals surface area contributed by atoms with E-state index in [9.17, 15) is 19.3 Å². The van der Waals surface area contributed by atoms with Gasteiger partial charge in [0, 0.05) is 55.3 Å². The quantitative estimate of drug-likeness (QED) is 0.321. The molecular formula is C27H29N7O5. The predicted octanol–water partition coefficient (Wildman–Crippen LogP) is 1.08. The molecule has 0 radical (unpaired) electrons. The van der Waals surface area contributed by atoms with Crippen LogP contribution >= 0.6 is 0 Å². The van der Waals surface area contributed by atoms with Crippen molar-refractivity contribution in [1.82, 2.24) is 30.3 Å². The van der Waals surface area contributed by atoms with Crippen LogP contribution < -0.4 is 15.4 Å². The van der Waals surface area contributed by atoms with E-state index in [0.717, 1.165) is 31.6 Å². The van der Waals surface area contributed by atoms with E-state index in [4.69, 9.17) is 4.74 Å². The van der Waals surface area contributed by atoms with E-state index in [-0.39, 0.29) is 19.0 Å². The highest BCUT2D eigenvalue weighted by molar-refractivity contribution is 6.10. The number of likely N-dealkylation sites (N-methyl/N-ethyl adjacent to an activating group) is 1. The van der Waals surface area contributed by atoms with Gasteiger partial charge < -0.3 is 19.9 Å². The van der Waals surface area contributed by atoms with Gasteiger partial charge in [0.2, 0.25) is 5.54 Å². The number of nitrogens with one attached hydrogen (secondary N) is 2. The average Bonchev–Trinajstić information content (AvgIpc) is 3.28. The maximum Gasteiger partial charge on any atom is 0.323 e. The number of benzene rings is 1. The van der Waals surface area contributed by atoms with Crippen LogP contribution in [-0.2, 0) is 11.3 Å². The lowest BCUT2D eigenvalue weighted by atomic mass is 9.99. The van der Waals surface area contributed by atoms with Gasteiger partial charge >= 0.3 is 6.03 Å². The number of methoxy groups -OCH3 is 1. The fraction of sp³-hybridized carbons (Fsp3) is 0.407. The van der Waals surface area contributed by atoms with Crippen LogP contribution in [0.5, 0.6) is 5.75 Å². The molecule has 4 amide bonds. The number of nitrogens with zero attached hydrogens (tertiary/aromatic N) is 5. The summed E-state index contributed by atoms with van der Waals surface area (Å²) < 4.78 is 5.23. The normalized spacial score (nSPS) is 22.3. The first-order valence-corrected chi connectivity index (χ1v) is 12.6. The maximum absolute atomic E-state index is 13.1. The number of carbonyl (C=O) groups excluding carboxylic acids is 3. The number of rotatable bonds is 6. The van der Waals surface area contributed by atoms with Crippen molar-refractivity contribution < 1.29 is 19.1 Å². The summed E-state index contributed by atoms with van der Waals surface area (Å²) in [7, 11) is 3.56. The summed E-state index contributed by atoms with van der Waals surface area (Å²) in [5, 5.41) is 8.20. The number of fused-ring (bicyclic) bond motifs is 1. The van der Waals surface area contributed by atoms with Gasteiger partial charge in [-0.15, -0.1) is 4.91 Å². The highest BCUT2D eigenvalue weighted by Crippen LogP contribution is 2.29. The molecule has 12 heteroatoms. The number of ether oxygens (including phenoxy) is 1. The topological polar surface area (TPSA) is 137 Å². The van der Waals surface area contributed by atoms with Crippen molar-refractivity contribution >= 4 is 17.8 Å². The van der Waals surface area contributed by atoms with E-state index in [1.54, 1.807) is 30.5 Å². The number of carbonyl (C=O) groups is 3. The van der Waals surface area contributed by atoms with Crippen LogP contribution in [0.2, 0.25) is 0 Å². The molecule has 39 heavy (non-hydrogen) atoms. The standard InChI is InChI=1S/C27H29N7O5/c1-32-8-3-9-33(11-10-32)23(31-38)20-12-18(14-28-15-20)6-7-27(25(36)29-26(37)30-27)17-34-16-19-4-5-21(39-2)13-22(19)24(34)35/h4-5,12-15,23H,3,8-11,16-17H2,1-2H3,(H2,29,30,36,37)/t23?,27-/m1/s1.